The lowest BCUT2D eigenvalue weighted by molar-refractivity contribution is 0.114. The van der Waals surface area contributed by atoms with Crippen molar-refractivity contribution in [2.45, 2.75) is 13.0 Å². The van der Waals surface area contributed by atoms with E-state index in [4.69, 9.17) is 16.7 Å². The molecule has 0 amide bonds. The summed E-state index contributed by atoms with van der Waals surface area (Å²) in [4.78, 5) is 2.61. The molecule has 0 radical (unpaired) electrons. The van der Waals surface area contributed by atoms with E-state index in [-0.39, 0.29) is 0 Å². The van der Waals surface area contributed by atoms with Crippen LogP contribution in [0.2, 0.25) is 5.02 Å². The van der Waals surface area contributed by atoms with Gasteiger partial charge in [0.25, 0.3) is 0 Å². The van der Waals surface area contributed by atoms with Crippen molar-refractivity contribution in [3.63, 3.8) is 0 Å². The standard InChI is InChI=1S/C25H24ClN3/c1-18(19-10-12-20(26)13-11-19)27-29-16-14-28(15-17-29)25-23-8-4-2-6-21(23)22-7-3-5-9-24(22)25/h2-13,25H,14-17H2,1H3/b27-18-. The monoisotopic (exact) mass is 401 g/mol. The van der Waals surface area contributed by atoms with Crippen molar-refractivity contribution in [2.75, 3.05) is 26.2 Å². The summed E-state index contributed by atoms with van der Waals surface area (Å²) in [5.41, 5.74) is 7.78. The number of piperazine rings is 1. The van der Waals surface area contributed by atoms with E-state index in [1.165, 1.54) is 22.3 Å². The molecule has 3 aromatic carbocycles. The molecule has 3 nitrogen and oxygen atoms in total. The van der Waals surface area contributed by atoms with Gasteiger partial charge >= 0.3 is 0 Å². The molecule has 0 bridgehead atoms. The number of halogens is 1. The highest BCUT2D eigenvalue weighted by Crippen LogP contribution is 2.46. The highest BCUT2D eigenvalue weighted by atomic mass is 35.5. The van der Waals surface area contributed by atoms with Crippen LogP contribution in [-0.2, 0) is 0 Å². The minimum atomic E-state index is 0.353. The molecule has 0 atom stereocenters. The molecule has 0 unspecified atom stereocenters. The highest BCUT2D eigenvalue weighted by molar-refractivity contribution is 6.30. The van der Waals surface area contributed by atoms with Crippen LogP contribution in [0.1, 0.15) is 29.7 Å². The lowest BCUT2D eigenvalue weighted by Gasteiger charge is -2.37. The van der Waals surface area contributed by atoms with Crippen molar-refractivity contribution in [1.29, 1.82) is 0 Å². The predicted molar refractivity (Wildman–Crippen MR) is 121 cm³/mol. The quantitative estimate of drug-likeness (QED) is 0.543. The topological polar surface area (TPSA) is 18.8 Å². The molecule has 146 valence electrons. The summed E-state index contributed by atoms with van der Waals surface area (Å²) >= 11 is 6.00. The number of hydrogen-bond acceptors (Lipinski definition) is 3. The number of hydrazone groups is 1. The fraction of sp³-hybridized carbons (Fsp3) is 0.240. The van der Waals surface area contributed by atoms with Gasteiger partial charge in [-0.15, -0.1) is 0 Å². The number of rotatable bonds is 3. The lowest BCUT2D eigenvalue weighted by atomic mass is 10.0. The van der Waals surface area contributed by atoms with E-state index in [0.717, 1.165) is 42.5 Å². The summed E-state index contributed by atoms with van der Waals surface area (Å²) in [7, 11) is 0. The number of benzene rings is 3. The molecule has 1 aliphatic carbocycles. The Hall–Kier alpha value is -2.62. The first-order valence-electron chi connectivity index (χ1n) is 10.2. The van der Waals surface area contributed by atoms with Gasteiger partial charge in [0.1, 0.15) is 0 Å². The average Bonchev–Trinajstić information content (AvgIpc) is 3.09. The van der Waals surface area contributed by atoms with Crippen LogP contribution in [0.4, 0.5) is 0 Å². The minimum absolute atomic E-state index is 0.353. The molecule has 1 fully saturated rings. The van der Waals surface area contributed by atoms with Crippen LogP contribution in [0.3, 0.4) is 0 Å². The van der Waals surface area contributed by atoms with Crippen LogP contribution in [0.25, 0.3) is 11.1 Å². The lowest BCUT2D eigenvalue weighted by Crippen LogP contribution is -2.45. The Labute approximate surface area is 177 Å². The third-order valence-electron chi connectivity index (χ3n) is 6.01. The average molecular weight is 402 g/mol. The third kappa shape index (κ3) is 3.45. The van der Waals surface area contributed by atoms with Crippen LogP contribution in [-0.4, -0.2) is 41.8 Å². The molecule has 0 saturated carbocycles. The van der Waals surface area contributed by atoms with Crippen molar-refractivity contribution < 1.29 is 0 Å². The van der Waals surface area contributed by atoms with Gasteiger partial charge in [-0.25, -0.2) is 0 Å². The summed E-state index contributed by atoms with van der Waals surface area (Å²) in [6, 6.07) is 25.9. The highest BCUT2D eigenvalue weighted by Gasteiger charge is 2.33. The first kappa shape index (κ1) is 18.4. The summed E-state index contributed by atoms with van der Waals surface area (Å²) < 4.78 is 0. The van der Waals surface area contributed by atoms with Crippen molar-refractivity contribution in [1.82, 2.24) is 9.91 Å². The summed E-state index contributed by atoms with van der Waals surface area (Å²) in [6.07, 6.45) is 0. The van der Waals surface area contributed by atoms with Gasteiger partial charge < -0.3 is 0 Å². The Kier molecular flexibility index (Phi) is 4.86. The minimum Gasteiger partial charge on any atom is -0.294 e. The summed E-state index contributed by atoms with van der Waals surface area (Å²) in [6.45, 7) is 5.95. The zero-order valence-corrected chi connectivity index (χ0v) is 17.3. The smallest absolute Gasteiger partial charge is 0.0646 e. The van der Waals surface area contributed by atoms with Crippen LogP contribution in [0, 0.1) is 0 Å². The van der Waals surface area contributed by atoms with Gasteiger partial charge in [-0.05, 0) is 46.9 Å². The van der Waals surface area contributed by atoms with E-state index in [9.17, 15) is 0 Å². The fourth-order valence-corrected chi connectivity index (χ4v) is 4.68. The van der Waals surface area contributed by atoms with Crippen LogP contribution in [0.15, 0.2) is 77.9 Å². The Balaban J connectivity index is 1.33. The summed E-state index contributed by atoms with van der Waals surface area (Å²) in [5, 5.41) is 7.82. The zero-order valence-electron chi connectivity index (χ0n) is 16.6. The Morgan fingerprint density at radius 2 is 1.34 bits per heavy atom. The van der Waals surface area contributed by atoms with Gasteiger partial charge in [0.05, 0.1) is 11.8 Å². The summed E-state index contributed by atoms with van der Waals surface area (Å²) in [5.74, 6) is 0. The molecule has 0 aromatic heterocycles. The van der Waals surface area contributed by atoms with Gasteiger partial charge in [-0.2, -0.15) is 5.10 Å². The molecule has 29 heavy (non-hydrogen) atoms. The van der Waals surface area contributed by atoms with E-state index in [0.29, 0.717) is 6.04 Å². The Morgan fingerprint density at radius 3 is 1.93 bits per heavy atom. The molecule has 2 aliphatic rings. The normalized spacial score (nSPS) is 17.3. The molecule has 5 rings (SSSR count). The zero-order chi connectivity index (χ0) is 19.8. The van der Waals surface area contributed by atoms with E-state index in [1.54, 1.807) is 0 Å². The van der Waals surface area contributed by atoms with Gasteiger partial charge in [-0.1, -0.05) is 72.3 Å². The number of nitrogens with zero attached hydrogens (tertiary/aromatic N) is 3. The Bertz CT molecular complexity index is 1000. The van der Waals surface area contributed by atoms with Crippen LogP contribution in [0.5, 0.6) is 0 Å². The van der Waals surface area contributed by atoms with Gasteiger partial charge in [0.15, 0.2) is 0 Å². The first-order valence-corrected chi connectivity index (χ1v) is 10.6. The van der Waals surface area contributed by atoms with E-state index in [2.05, 4.69) is 65.4 Å². The molecule has 0 N–H and O–H groups in total. The largest absolute Gasteiger partial charge is 0.294 e. The number of fused-ring (bicyclic) bond motifs is 3. The maximum absolute atomic E-state index is 6.00. The second-order valence-corrected chi connectivity index (χ2v) is 8.20. The maximum Gasteiger partial charge on any atom is 0.0646 e. The van der Waals surface area contributed by atoms with Gasteiger partial charge in [0, 0.05) is 31.2 Å². The van der Waals surface area contributed by atoms with E-state index >= 15 is 0 Å². The van der Waals surface area contributed by atoms with Crippen molar-refractivity contribution in [3.05, 3.63) is 94.5 Å². The molecular formula is C25H24ClN3. The molecule has 4 heteroatoms. The van der Waals surface area contributed by atoms with Crippen LogP contribution >= 0.6 is 11.6 Å². The number of hydrogen-bond donors (Lipinski definition) is 0. The molecule has 1 aliphatic heterocycles. The molecule has 0 spiro atoms. The first-order chi connectivity index (χ1) is 14.2. The second-order valence-electron chi connectivity index (χ2n) is 7.76. The van der Waals surface area contributed by atoms with Crippen molar-refractivity contribution in [3.8, 4) is 11.1 Å². The van der Waals surface area contributed by atoms with Crippen molar-refractivity contribution >= 4 is 17.3 Å². The second kappa shape index (κ2) is 7.66. The van der Waals surface area contributed by atoms with Crippen LogP contribution < -0.4 is 0 Å². The Morgan fingerprint density at radius 1 is 0.793 bits per heavy atom. The van der Waals surface area contributed by atoms with E-state index < -0.39 is 0 Å². The molecular weight excluding hydrogens is 378 g/mol. The molecule has 3 aromatic rings. The maximum atomic E-state index is 6.00. The predicted octanol–water partition coefficient (Wildman–Crippen LogP) is 5.45. The molecule has 1 saturated heterocycles. The van der Waals surface area contributed by atoms with Gasteiger partial charge in [-0.3, -0.25) is 9.91 Å². The van der Waals surface area contributed by atoms with Crippen molar-refractivity contribution in [2.24, 2.45) is 5.10 Å². The fourth-order valence-electron chi connectivity index (χ4n) is 4.55. The van der Waals surface area contributed by atoms with Gasteiger partial charge in [0.2, 0.25) is 0 Å². The third-order valence-corrected chi connectivity index (χ3v) is 6.26. The molecule has 1 heterocycles. The van der Waals surface area contributed by atoms with E-state index in [1.807, 2.05) is 24.3 Å². The SMILES string of the molecule is C/C(=N/N1CCN(C2c3ccccc3-c3ccccc32)CC1)c1ccc(Cl)cc1.